The molecule has 1 nitrogen and oxygen atoms in total. The van der Waals surface area contributed by atoms with Gasteiger partial charge in [0.15, 0.2) is 0 Å². The number of unbranched alkanes of at least 4 members (excludes halogenated alkanes) is 11. The third-order valence-corrected chi connectivity index (χ3v) is 6.02. The van der Waals surface area contributed by atoms with E-state index in [4.69, 9.17) is 11.6 Å². The first-order valence-electron chi connectivity index (χ1n) is 10.3. The van der Waals surface area contributed by atoms with Crippen molar-refractivity contribution in [2.75, 3.05) is 0 Å². The molecule has 0 aromatic carbocycles. The average Bonchev–Trinajstić information content (AvgIpc) is 2.51. The molecular formula is C21H46ClN. The van der Waals surface area contributed by atoms with Gasteiger partial charge in [-0.3, -0.25) is 0 Å². The summed E-state index contributed by atoms with van der Waals surface area (Å²) in [5, 5.41) is 0. The maximum Gasteiger partial charge on any atom is 0.0444 e. The molecule has 0 aliphatic rings. The molecule has 0 aromatic rings. The first-order valence-corrected chi connectivity index (χ1v) is 10.6. The van der Waals surface area contributed by atoms with E-state index in [1.807, 2.05) is 0 Å². The van der Waals surface area contributed by atoms with Crippen LogP contribution < -0.4 is 6.15 Å². The van der Waals surface area contributed by atoms with Gasteiger partial charge >= 0.3 is 0 Å². The highest BCUT2D eigenvalue weighted by Gasteiger charge is 2.27. The Hall–Kier alpha value is 0.250. The van der Waals surface area contributed by atoms with E-state index in [-0.39, 0.29) is 11.0 Å². The second-order valence-corrected chi connectivity index (χ2v) is 8.28. The van der Waals surface area contributed by atoms with Crippen molar-refractivity contribution in [2.24, 2.45) is 5.92 Å². The molecule has 2 unspecified atom stereocenters. The molecule has 2 atom stereocenters. The number of rotatable bonds is 16. The Labute approximate surface area is 152 Å². The van der Waals surface area contributed by atoms with E-state index in [0.717, 1.165) is 6.42 Å². The monoisotopic (exact) mass is 347 g/mol. The van der Waals surface area contributed by atoms with Crippen molar-refractivity contribution in [3.8, 4) is 0 Å². The van der Waals surface area contributed by atoms with Crippen LogP contribution in [-0.4, -0.2) is 4.87 Å². The summed E-state index contributed by atoms with van der Waals surface area (Å²) in [6.07, 6.45) is 20.8. The molecule has 0 heterocycles. The van der Waals surface area contributed by atoms with Crippen molar-refractivity contribution in [1.29, 1.82) is 0 Å². The Morgan fingerprint density at radius 1 is 0.696 bits per heavy atom. The van der Waals surface area contributed by atoms with Crippen molar-refractivity contribution >= 4 is 11.6 Å². The van der Waals surface area contributed by atoms with Crippen molar-refractivity contribution in [3.63, 3.8) is 0 Å². The van der Waals surface area contributed by atoms with Gasteiger partial charge in [0.2, 0.25) is 0 Å². The largest absolute Gasteiger partial charge is 0.344 e. The topological polar surface area (TPSA) is 35.0 Å². The van der Waals surface area contributed by atoms with Crippen LogP contribution in [0.25, 0.3) is 0 Å². The first kappa shape index (κ1) is 25.5. The van der Waals surface area contributed by atoms with Crippen LogP contribution in [0.15, 0.2) is 0 Å². The van der Waals surface area contributed by atoms with E-state index in [1.165, 1.54) is 89.9 Å². The SMILES string of the molecule is CCCCCCCCCCCCCCC(CC)C(C)(Cl)CC.N. The fourth-order valence-electron chi connectivity index (χ4n) is 3.45. The summed E-state index contributed by atoms with van der Waals surface area (Å²) >= 11 is 6.63. The van der Waals surface area contributed by atoms with Gasteiger partial charge < -0.3 is 6.15 Å². The Kier molecular flexibility index (Phi) is 18.9. The quantitative estimate of drug-likeness (QED) is 0.220. The van der Waals surface area contributed by atoms with Gasteiger partial charge in [-0.1, -0.05) is 104 Å². The number of hydrogen-bond acceptors (Lipinski definition) is 1. The smallest absolute Gasteiger partial charge is 0.0444 e. The van der Waals surface area contributed by atoms with E-state index >= 15 is 0 Å². The van der Waals surface area contributed by atoms with Gasteiger partial charge in [0.05, 0.1) is 0 Å². The summed E-state index contributed by atoms with van der Waals surface area (Å²) < 4.78 is 0. The molecule has 0 bridgehead atoms. The van der Waals surface area contributed by atoms with E-state index in [9.17, 15) is 0 Å². The molecule has 0 saturated heterocycles. The van der Waals surface area contributed by atoms with Crippen LogP contribution >= 0.6 is 11.6 Å². The summed E-state index contributed by atoms with van der Waals surface area (Å²) in [4.78, 5) is 0.0204. The molecule has 0 saturated carbocycles. The maximum atomic E-state index is 6.63. The summed E-state index contributed by atoms with van der Waals surface area (Å²) in [7, 11) is 0. The maximum absolute atomic E-state index is 6.63. The third kappa shape index (κ3) is 14.3. The second kappa shape index (κ2) is 17.1. The summed E-state index contributed by atoms with van der Waals surface area (Å²) in [6, 6.07) is 0. The summed E-state index contributed by atoms with van der Waals surface area (Å²) in [6.45, 7) is 9.03. The molecule has 0 aromatic heterocycles. The number of halogens is 1. The fraction of sp³-hybridized carbons (Fsp3) is 1.00. The number of hydrogen-bond donors (Lipinski definition) is 1. The Bertz CT molecular complexity index is 228. The van der Waals surface area contributed by atoms with Crippen LogP contribution in [0.4, 0.5) is 0 Å². The van der Waals surface area contributed by atoms with E-state index in [0.29, 0.717) is 5.92 Å². The fourth-order valence-corrected chi connectivity index (χ4v) is 3.71. The van der Waals surface area contributed by atoms with Crippen LogP contribution in [0, 0.1) is 5.92 Å². The minimum atomic E-state index is 0. The van der Waals surface area contributed by atoms with Crippen molar-refractivity contribution in [3.05, 3.63) is 0 Å². The molecule has 3 N–H and O–H groups in total. The zero-order chi connectivity index (χ0) is 16.7. The highest BCUT2D eigenvalue weighted by atomic mass is 35.5. The van der Waals surface area contributed by atoms with Crippen molar-refractivity contribution < 1.29 is 0 Å². The van der Waals surface area contributed by atoms with Crippen LogP contribution in [0.3, 0.4) is 0 Å². The van der Waals surface area contributed by atoms with Gasteiger partial charge in [-0.15, -0.1) is 11.6 Å². The van der Waals surface area contributed by atoms with Crippen molar-refractivity contribution in [2.45, 2.75) is 129 Å². The highest BCUT2D eigenvalue weighted by molar-refractivity contribution is 6.23. The van der Waals surface area contributed by atoms with Gasteiger partial charge in [0.25, 0.3) is 0 Å². The lowest BCUT2D eigenvalue weighted by Crippen LogP contribution is -2.27. The van der Waals surface area contributed by atoms with Gasteiger partial charge in [-0.05, 0) is 25.7 Å². The molecule has 0 rings (SSSR count). The predicted molar refractivity (Wildman–Crippen MR) is 109 cm³/mol. The van der Waals surface area contributed by atoms with E-state index in [2.05, 4.69) is 27.7 Å². The lowest BCUT2D eigenvalue weighted by Gasteiger charge is -2.30. The van der Waals surface area contributed by atoms with Crippen molar-refractivity contribution in [1.82, 2.24) is 6.15 Å². The van der Waals surface area contributed by atoms with Crippen LogP contribution in [0.1, 0.15) is 124 Å². The van der Waals surface area contributed by atoms with Gasteiger partial charge in [0, 0.05) is 4.87 Å². The molecular weight excluding hydrogens is 302 g/mol. The molecule has 0 amide bonds. The molecule has 0 radical (unpaired) electrons. The molecule has 0 aliphatic heterocycles. The Morgan fingerprint density at radius 3 is 1.43 bits per heavy atom. The molecule has 2 heteroatoms. The van der Waals surface area contributed by atoms with Crippen LogP contribution in [0.5, 0.6) is 0 Å². The van der Waals surface area contributed by atoms with E-state index < -0.39 is 0 Å². The van der Waals surface area contributed by atoms with Gasteiger partial charge in [0.1, 0.15) is 0 Å². The highest BCUT2D eigenvalue weighted by Crippen LogP contribution is 2.34. The lowest BCUT2D eigenvalue weighted by atomic mass is 9.84. The van der Waals surface area contributed by atoms with Gasteiger partial charge in [-0.25, -0.2) is 0 Å². The zero-order valence-corrected chi connectivity index (χ0v) is 17.5. The normalized spacial score (nSPS) is 15.0. The zero-order valence-electron chi connectivity index (χ0n) is 16.8. The Morgan fingerprint density at radius 2 is 1.09 bits per heavy atom. The molecule has 0 fully saturated rings. The predicted octanol–water partition coefficient (Wildman–Crippen LogP) is 8.67. The Balaban J connectivity index is 0. The lowest BCUT2D eigenvalue weighted by molar-refractivity contribution is 0.333. The average molecular weight is 348 g/mol. The number of alkyl halides is 1. The van der Waals surface area contributed by atoms with E-state index in [1.54, 1.807) is 0 Å². The third-order valence-electron chi connectivity index (χ3n) is 5.44. The van der Waals surface area contributed by atoms with Gasteiger partial charge in [-0.2, -0.15) is 0 Å². The molecule has 0 spiro atoms. The second-order valence-electron chi connectivity index (χ2n) is 7.41. The standard InChI is InChI=1S/C21H43Cl.H3N/c1-5-8-9-10-11-12-13-14-15-16-17-18-19-20(6-2)21(4,22)7-3;/h20H,5-19H2,1-4H3;1H3. The molecule has 23 heavy (non-hydrogen) atoms. The van der Waals surface area contributed by atoms with Crippen LogP contribution in [0.2, 0.25) is 0 Å². The summed E-state index contributed by atoms with van der Waals surface area (Å²) in [5.41, 5.74) is 0. The minimum Gasteiger partial charge on any atom is -0.344 e. The summed E-state index contributed by atoms with van der Waals surface area (Å²) in [5.74, 6) is 0.697. The minimum absolute atomic E-state index is 0. The molecule has 142 valence electrons. The first-order chi connectivity index (χ1) is 10.6. The van der Waals surface area contributed by atoms with Crippen LogP contribution in [-0.2, 0) is 0 Å². The molecule has 0 aliphatic carbocycles.